The van der Waals surface area contributed by atoms with Crippen LogP contribution in [0.15, 0.2) is 53.4 Å². The van der Waals surface area contributed by atoms with Crippen LogP contribution in [0, 0.1) is 0 Å². The second kappa shape index (κ2) is 7.59. The predicted octanol–water partition coefficient (Wildman–Crippen LogP) is 3.52. The molecule has 2 rings (SSSR count). The molecule has 110 valence electrons. The Kier molecular flexibility index (Phi) is 5.51. The maximum absolute atomic E-state index is 12.0. The topological polar surface area (TPSA) is 58.6 Å². The number of aromatic hydroxyl groups is 1. The molecule has 0 fully saturated rings. The molecule has 0 aromatic heterocycles. The van der Waals surface area contributed by atoms with Crippen molar-refractivity contribution in [2.24, 2.45) is 0 Å². The molecule has 0 unspecified atom stereocenters. The third-order valence-electron chi connectivity index (χ3n) is 2.67. The van der Waals surface area contributed by atoms with Crippen LogP contribution in [-0.4, -0.2) is 23.4 Å². The van der Waals surface area contributed by atoms with Crippen molar-refractivity contribution in [2.75, 3.05) is 17.7 Å². The van der Waals surface area contributed by atoms with Gasteiger partial charge in [-0.3, -0.25) is 4.79 Å². The van der Waals surface area contributed by atoms with E-state index in [4.69, 9.17) is 4.74 Å². The molecule has 1 amide bonds. The van der Waals surface area contributed by atoms with Crippen molar-refractivity contribution in [3.63, 3.8) is 0 Å². The lowest BCUT2D eigenvalue weighted by Crippen LogP contribution is -2.14. The summed E-state index contributed by atoms with van der Waals surface area (Å²) in [5.74, 6) is 1.09. The maximum Gasteiger partial charge on any atom is 0.234 e. The van der Waals surface area contributed by atoms with E-state index in [2.05, 4.69) is 5.32 Å². The SMILES string of the molecule is CCOc1ccccc1NC(=O)CSc1ccc(O)cc1. The Bertz CT molecular complexity index is 599. The predicted molar refractivity (Wildman–Crippen MR) is 85.1 cm³/mol. The molecular weight excluding hydrogens is 286 g/mol. The number of anilines is 1. The molecule has 0 aliphatic rings. The van der Waals surface area contributed by atoms with Crippen molar-refractivity contribution in [1.82, 2.24) is 0 Å². The lowest BCUT2D eigenvalue weighted by molar-refractivity contribution is -0.113. The van der Waals surface area contributed by atoms with Crippen LogP contribution in [0.4, 0.5) is 5.69 Å². The Labute approximate surface area is 128 Å². The Hall–Kier alpha value is -2.14. The Morgan fingerprint density at radius 3 is 2.62 bits per heavy atom. The number of rotatable bonds is 6. The molecule has 21 heavy (non-hydrogen) atoms. The number of hydrogen-bond acceptors (Lipinski definition) is 4. The molecule has 0 heterocycles. The normalized spacial score (nSPS) is 10.1. The molecule has 0 aliphatic carbocycles. The minimum absolute atomic E-state index is 0.0970. The summed E-state index contributed by atoms with van der Waals surface area (Å²) in [6, 6.07) is 14.1. The van der Waals surface area contributed by atoms with Crippen molar-refractivity contribution < 1.29 is 14.6 Å². The third-order valence-corrected chi connectivity index (χ3v) is 3.68. The van der Waals surface area contributed by atoms with Gasteiger partial charge in [-0.25, -0.2) is 0 Å². The van der Waals surface area contributed by atoms with E-state index in [-0.39, 0.29) is 11.7 Å². The van der Waals surface area contributed by atoms with Crippen LogP contribution in [0.25, 0.3) is 0 Å². The smallest absolute Gasteiger partial charge is 0.234 e. The van der Waals surface area contributed by atoms with Crippen LogP contribution in [0.1, 0.15) is 6.92 Å². The Morgan fingerprint density at radius 1 is 1.19 bits per heavy atom. The number of carbonyl (C=O) groups excluding carboxylic acids is 1. The number of phenolic OH excluding ortho intramolecular Hbond substituents is 1. The molecule has 4 nitrogen and oxygen atoms in total. The van der Waals surface area contributed by atoms with Crippen LogP contribution in [0.5, 0.6) is 11.5 Å². The number of nitrogens with one attached hydrogen (secondary N) is 1. The monoisotopic (exact) mass is 303 g/mol. The van der Waals surface area contributed by atoms with Crippen molar-refractivity contribution in [3.8, 4) is 11.5 Å². The highest BCUT2D eigenvalue weighted by atomic mass is 32.2. The summed E-state index contributed by atoms with van der Waals surface area (Å²) < 4.78 is 5.46. The molecular formula is C16H17NO3S. The fourth-order valence-corrected chi connectivity index (χ4v) is 2.43. The van der Waals surface area contributed by atoms with Gasteiger partial charge in [0, 0.05) is 4.90 Å². The van der Waals surface area contributed by atoms with Gasteiger partial charge in [0.05, 0.1) is 18.0 Å². The van der Waals surface area contributed by atoms with Gasteiger partial charge < -0.3 is 15.2 Å². The lowest BCUT2D eigenvalue weighted by Gasteiger charge is -2.11. The van der Waals surface area contributed by atoms with Gasteiger partial charge in [0.25, 0.3) is 0 Å². The van der Waals surface area contributed by atoms with E-state index in [1.165, 1.54) is 11.8 Å². The van der Waals surface area contributed by atoms with Crippen LogP contribution in [0.2, 0.25) is 0 Å². The van der Waals surface area contributed by atoms with Crippen LogP contribution >= 0.6 is 11.8 Å². The van der Waals surface area contributed by atoms with Gasteiger partial charge in [0.1, 0.15) is 11.5 Å². The third kappa shape index (κ3) is 4.72. The molecule has 0 aliphatic heterocycles. The Morgan fingerprint density at radius 2 is 1.90 bits per heavy atom. The first-order valence-electron chi connectivity index (χ1n) is 6.62. The van der Waals surface area contributed by atoms with Crippen molar-refractivity contribution >= 4 is 23.4 Å². The van der Waals surface area contributed by atoms with E-state index >= 15 is 0 Å². The van der Waals surface area contributed by atoms with Crippen LogP contribution in [-0.2, 0) is 4.79 Å². The summed E-state index contributed by atoms with van der Waals surface area (Å²) in [5.41, 5.74) is 0.677. The minimum atomic E-state index is -0.0970. The number of ether oxygens (including phenoxy) is 1. The molecule has 0 spiro atoms. The van der Waals surface area contributed by atoms with Gasteiger partial charge in [-0.2, -0.15) is 0 Å². The first-order valence-corrected chi connectivity index (χ1v) is 7.61. The molecule has 2 aromatic carbocycles. The maximum atomic E-state index is 12.0. The molecule has 5 heteroatoms. The molecule has 2 N–H and O–H groups in total. The Balaban J connectivity index is 1.91. The van der Waals surface area contributed by atoms with Gasteiger partial charge in [-0.05, 0) is 43.3 Å². The van der Waals surface area contributed by atoms with Crippen molar-refractivity contribution in [2.45, 2.75) is 11.8 Å². The van der Waals surface area contributed by atoms with Crippen molar-refractivity contribution in [3.05, 3.63) is 48.5 Å². The average molecular weight is 303 g/mol. The second-order valence-electron chi connectivity index (χ2n) is 4.26. The fourth-order valence-electron chi connectivity index (χ4n) is 1.73. The second-order valence-corrected chi connectivity index (χ2v) is 5.31. The summed E-state index contributed by atoms with van der Waals surface area (Å²) >= 11 is 1.41. The van der Waals surface area contributed by atoms with Gasteiger partial charge in [0.2, 0.25) is 5.91 Å². The quantitative estimate of drug-likeness (QED) is 0.802. The van der Waals surface area contributed by atoms with Crippen LogP contribution in [0.3, 0.4) is 0 Å². The van der Waals surface area contributed by atoms with Crippen LogP contribution < -0.4 is 10.1 Å². The summed E-state index contributed by atoms with van der Waals surface area (Å²) in [4.78, 5) is 12.9. The molecule has 2 aromatic rings. The van der Waals surface area contributed by atoms with Gasteiger partial charge in [0.15, 0.2) is 0 Å². The first-order chi connectivity index (χ1) is 10.2. The number of benzene rings is 2. The number of hydrogen-bond donors (Lipinski definition) is 2. The largest absolute Gasteiger partial charge is 0.508 e. The van der Waals surface area contributed by atoms with E-state index in [0.29, 0.717) is 23.8 Å². The summed E-state index contributed by atoms with van der Waals surface area (Å²) in [7, 11) is 0. The zero-order valence-electron chi connectivity index (χ0n) is 11.7. The van der Waals surface area contributed by atoms with E-state index in [1.807, 2.05) is 31.2 Å². The molecule has 0 saturated heterocycles. The number of phenols is 1. The summed E-state index contributed by atoms with van der Waals surface area (Å²) in [6.45, 7) is 2.45. The summed E-state index contributed by atoms with van der Waals surface area (Å²) in [6.07, 6.45) is 0. The van der Waals surface area contributed by atoms with Gasteiger partial charge >= 0.3 is 0 Å². The van der Waals surface area contributed by atoms with E-state index in [9.17, 15) is 9.90 Å². The molecule has 0 radical (unpaired) electrons. The van der Waals surface area contributed by atoms with Gasteiger partial charge in [-0.15, -0.1) is 11.8 Å². The standard InChI is InChI=1S/C16H17NO3S/c1-2-20-15-6-4-3-5-14(15)17-16(19)11-21-13-9-7-12(18)8-10-13/h3-10,18H,2,11H2,1H3,(H,17,19). The molecule has 0 saturated carbocycles. The lowest BCUT2D eigenvalue weighted by atomic mass is 10.3. The number of amides is 1. The number of thioether (sulfide) groups is 1. The number of para-hydroxylation sites is 2. The molecule has 0 atom stereocenters. The highest BCUT2D eigenvalue weighted by Crippen LogP contribution is 2.25. The highest BCUT2D eigenvalue weighted by molar-refractivity contribution is 8.00. The zero-order chi connectivity index (χ0) is 15.1. The molecule has 0 bridgehead atoms. The zero-order valence-corrected chi connectivity index (χ0v) is 12.5. The van der Waals surface area contributed by atoms with Gasteiger partial charge in [-0.1, -0.05) is 12.1 Å². The van der Waals surface area contributed by atoms with E-state index < -0.39 is 0 Å². The first kappa shape index (κ1) is 15.3. The fraction of sp³-hybridized carbons (Fsp3) is 0.188. The highest BCUT2D eigenvalue weighted by Gasteiger charge is 2.07. The van der Waals surface area contributed by atoms with E-state index in [0.717, 1.165) is 4.90 Å². The minimum Gasteiger partial charge on any atom is -0.508 e. The average Bonchev–Trinajstić information content (AvgIpc) is 2.49. The number of carbonyl (C=O) groups is 1. The van der Waals surface area contributed by atoms with Crippen molar-refractivity contribution in [1.29, 1.82) is 0 Å². The summed E-state index contributed by atoms with van der Waals surface area (Å²) in [5, 5.41) is 12.1. The van der Waals surface area contributed by atoms with E-state index in [1.54, 1.807) is 24.3 Å².